The van der Waals surface area contributed by atoms with E-state index in [0.29, 0.717) is 5.75 Å². The molecule has 3 heterocycles. The Morgan fingerprint density at radius 3 is 2.81 bits per heavy atom. The molecule has 2 atom stereocenters. The number of anilines is 1. The Balaban J connectivity index is 1.77. The number of oxime groups is 1. The van der Waals surface area contributed by atoms with Gasteiger partial charge in [0, 0.05) is 11.8 Å². The number of hydrogen-bond acceptors (Lipinski definition) is 10. The van der Waals surface area contributed by atoms with Gasteiger partial charge in [-0.25, -0.2) is 14.6 Å². The number of nitrogens with two attached hydrogens (primary N) is 1. The van der Waals surface area contributed by atoms with Gasteiger partial charge in [0.05, 0.1) is 0 Å². The highest BCUT2D eigenvalue weighted by Crippen LogP contribution is 2.37. The van der Waals surface area contributed by atoms with Crippen LogP contribution in [-0.2, 0) is 24.0 Å². The molecule has 0 radical (unpaired) electrons. The van der Waals surface area contributed by atoms with Gasteiger partial charge in [-0.05, 0) is 12.2 Å². The van der Waals surface area contributed by atoms with Crippen molar-refractivity contribution in [2.24, 2.45) is 5.16 Å². The number of fused-ring (bicyclic) bond motifs is 1. The molecule has 15 heteroatoms. The number of carbonyl (C=O) groups is 4. The first-order chi connectivity index (χ1) is 14.7. The topological polar surface area (TPSA) is 185 Å². The largest absolute Gasteiger partial charge is 0.478 e. The molecule has 2 aliphatic heterocycles. The first-order valence-electron chi connectivity index (χ1n) is 8.41. The summed E-state index contributed by atoms with van der Waals surface area (Å²) in [6.07, 6.45) is 3.41. The number of carboxylic acids is 2. The summed E-state index contributed by atoms with van der Waals surface area (Å²) >= 11 is 8.24. The van der Waals surface area contributed by atoms with Crippen molar-refractivity contribution in [1.82, 2.24) is 15.2 Å². The van der Waals surface area contributed by atoms with Crippen LogP contribution in [0.15, 0.2) is 29.1 Å². The summed E-state index contributed by atoms with van der Waals surface area (Å²) in [7, 11) is 0. The second-order valence-electron chi connectivity index (χ2n) is 5.93. The van der Waals surface area contributed by atoms with Crippen molar-refractivity contribution in [3.05, 3.63) is 34.0 Å². The lowest BCUT2D eigenvalue weighted by atomic mass is 10.0. The van der Waals surface area contributed by atoms with Crippen LogP contribution in [0.1, 0.15) is 5.69 Å². The highest BCUT2D eigenvalue weighted by atomic mass is 35.5. The Bertz CT molecular complexity index is 1040. The highest BCUT2D eigenvalue weighted by Gasteiger charge is 2.53. The zero-order valence-corrected chi connectivity index (χ0v) is 17.7. The molecule has 1 aromatic rings. The third-order valence-corrected chi connectivity index (χ3v) is 6.25. The first-order valence-corrected chi connectivity index (χ1v) is 10.7. The van der Waals surface area contributed by atoms with Crippen LogP contribution in [0.3, 0.4) is 0 Å². The highest BCUT2D eigenvalue weighted by molar-refractivity contribution is 8.00. The van der Waals surface area contributed by atoms with Gasteiger partial charge >= 0.3 is 11.9 Å². The normalized spacial score (nSPS) is 20.7. The SMILES string of the molecule is Nc1nc(/C(=N/OC/C=C/C(=O)O)C(=O)NC2C(=O)N3C(C(=O)O)=CCS[C@H]23)c(Cl)s1. The molecule has 12 nitrogen and oxygen atoms in total. The smallest absolute Gasteiger partial charge is 0.352 e. The number of thiazole rings is 1. The van der Waals surface area contributed by atoms with Crippen molar-refractivity contribution < 1.29 is 34.2 Å². The van der Waals surface area contributed by atoms with Crippen molar-refractivity contribution in [1.29, 1.82) is 0 Å². The predicted molar refractivity (Wildman–Crippen MR) is 112 cm³/mol. The van der Waals surface area contributed by atoms with E-state index in [1.807, 2.05) is 0 Å². The van der Waals surface area contributed by atoms with E-state index < -0.39 is 35.2 Å². The Kier molecular flexibility index (Phi) is 6.82. The molecule has 2 aliphatic rings. The third kappa shape index (κ3) is 4.81. The number of aromatic nitrogens is 1. The fraction of sp³-hybridized carbons (Fsp3) is 0.250. The van der Waals surface area contributed by atoms with Crippen LogP contribution in [0, 0.1) is 0 Å². The molecule has 1 fully saturated rings. The zero-order chi connectivity index (χ0) is 22.7. The van der Waals surface area contributed by atoms with Gasteiger partial charge in [-0.3, -0.25) is 14.5 Å². The average Bonchev–Trinajstić information content (AvgIpc) is 3.05. The van der Waals surface area contributed by atoms with Crippen molar-refractivity contribution in [2.45, 2.75) is 11.4 Å². The van der Waals surface area contributed by atoms with E-state index in [2.05, 4.69) is 15.5 Å². The van der Waals surface area contributed by atoms with Crippen molar-refractivity contribution in [2.75, 3.05) is 18.1 Å². The van der Waals surface area contributed by atoms with Gasteiger partial charge in [0.15, 0.2) is 10.8 Å². The van der Waals surface area contributed by atoms with Crippen LogP contribution in [0.25, 0.3) is 0 Å². The molecule has 2 amide bonds. The maximum atomic E-state index is 12.8. The van der Waals surface area contributed by atoms with Crippen LogP contribution >= 0.6 is 34.7 Å². The number of aliphatic carboxylic acids is 2. The van der Waals surface area contributed by atoms with E-state index in [0.717, 1.165) is 28.4 Å². The van der Waals surface area contributed by atoms with E-state index in [1.165, 1.54) is 17.8 Å². The average molecular weight is 488 g/mol. The molecule has 0 bridgehead atoms. The standard InChI is InChI=1S/C16H14ClN5O7S2/c17-11-8(20-16(18)31-11)9(21-29-4-1-2-7(23)24)12(25)19-10-13(26)22-6(15(27)28)3-5-30-14(10)22/h1-3,10,14H,4-5H2,(H2,18,20)(H,19,25)(H,23,24)(H,27,28)/b2-1+,21-9-/t10?,14-/m1/s1. The van der Waals surface area contributed by atoms with Gasteiger partial charge < -0.3 is 26.1 Å². The number of carboxylic acid groups (broad SMARTS) is 2. The summed E-state index contributed by atoms with van der Waals surface area (Å²) in [6.45, 7) is -0.262. The molecule has 0 aliphatic carbocycles. The summed E-state index contributed by atoms with van der Waals surface area (Å²) < 4.78 is 0.0563. The first kappa shape index (κ1) is 22.6. The van der Waals surface area contributed by atoms with Gasteiger partial charge in [-0.2, -0.15) is 0 Å². The number of hydrogen-bond donors (Lipinski definition) is 4. The fourth-order valence-electron chi connectivity index (χ4n) is 2.70. The Morgan fingerprint density at radius 1 is 1.45 bits per heavy atom. The summed E-state index contributed by atoms with van der Waals surface area (Å²) in [4.78, 5) is 57.0. The molecule has 1 unspecified atom stereocenters. The second kappa shape index (κ2) is 9.36. The van der Waals surface area contributed by atoms with Gasteiger partial charge in [-0.15, -0.1) is 11.8 Å². The predicted octanol–water partition coefficient (Wildman–Crippen LogP) is 0.109. The summed E-state index contributed by atoms with van der Waals surface area (Å²) in [6, 6.07) is -0.993. The van der Waals surface area contributed by atoms with Crippen LogP contribution in [-0.4, -0.2) is 73.3 Å². The van der Waals surface area contributed by atoms with Crippen LogP contribution in [0.4, 0.5) is 5.13 Å². The molecular formula is C16H14ClN5O7S2. The zero-order valence-electron chi connectivity index (χ0n) is 15.4. The molecule has 164 valence electrons. The van der Waals surface area contributed by atoms with E-state index >= 15 is 0 Å². The number of β-lactam (4-membered cyclic amide) rings is 1. The van der Waals surface area contributed by atoms with E-state index in [9.17, 15) is 24.3 Å². The molecule has 31 heavy (non-hydrogen) atoms. The fourth-order valence-corrected chi connectivity index (χ4v) is 4.82. The molecule has 1 aromatic heterocycles. The van der Waals surface area contributed by atoms with Crippen molar-refractivity contribution in [3.63, 3.8) is 0 Å². The molecule has 1 saturated heterocycles. The Morgan fingerprint density at radius 2 is 2.19 bits per heavy atom. The lowest BCUT2D eigenvalue weighted by Gasteiger charge is -2.48. The third-order valence-electron chi connectivity index (χ3n) is 3.98. The number of carbonyl (C=O) groups excluding carboxylic acids is 2. The van der Waals surface area contributed by atoms with Gasteiger partial charge in [0.25, 0.3) is 11.8 Å². The van der Waals surface area contributed by atoms with E-state index in [4.69, 9.17) is 27.3 Å². The van der Waals surface area contributed by atoms with Crippen LogP contribution < -0.4 is 11.1 Å². The van der Waals surface area contributed by atoms with E-state index in [1.54, 1.807) is 0 Å². The molecule has 0 spiro atoms. The Labute approximate surface area is 187 Å². The van der Waals surface area contributed by atoms with Crippen LogP contribution in [0.5, 0.6) is 0 Å². The van der Waals surface area contributed by atoms with Gasteiger partial charge in [-0.1, -0.05) is 28.1 Å². The molecule has 5 N–H and O–H groups in total. The molecule has 3 rings (SSSR count). The quantitative estimate of drug-likeness (QED) is 0.129. The van der Waals surface area contributed by atoms with Gasteiger partial charge in [0.2, 0.25) is 0 Å². The molecule has 0 saturated carbocycles. The minimum atomic E-state index is -1.24. The molecular weight excluding hydrogens is 474 g/mol. The number of nitrogen functional groups attached to an aromatic ring is 1. The minimum absolute atomic E-state index is 0.0563. The van der Waals surface area contributed by atoms with E-state index in [-0.39, 0.29) is 33.2 Å². The number of rotatable bonds is 8. The van der Waals surface area contributed by atoms with Crippen molar-refractivity contribution in [3.8, 4) is 0 Å². The number of thioether (sulfide) groups is 1. The lowest BCUT2D eigenvalue weighted by molar-refractivity contribution is -0.150. The monoisotopic (exact) mass is 487 g/mol. The number of amides is 2. The summed E-state index contributed by atoms with van der Waals surface area (Å²) in [5.41, 5.74) is 5.02. The Hall–Kier alpha value is -3.10. The minimum Gasteiger partial charge on any atom is -0.478 e. The van der Waals surface area contributed by atoms with Crippen molar-refractivity contribution >= 4 is 69.3 Å². The maximum absolute atomic E-state index is 12.8. The second-order valence-corrected chi connectivity index (χ2v) is 8.71. The number of nitrogens with zero attached hydrogens (tertiary/aromatic N) is 3. The summed E-state index contributed by atoms with van der Waals surface area (Å²) in [5, 5.41) is 23.4. The maximum Gasteiger partial charge on any atom is 0.352 e. The number of nitrogens with one attached hydrogen (secondary N) is 1. The molecule has 0 aromatic carbocycles. The lowest BCUT2D eigenvalue weighted by Crippen LogP contribution is -2.70. The van der Waals surface area contributed by atoms with Crippen LogP contribution in [0.2, 0.25) is 4.34 Å². The number of halogens is 1. The summed E-state index contributed by atoms with van der Waals surface area (Å²) in [5.74, 6) is -3.50. The van der Waals surface area contributed by atoms with Gasteiger partial charge in [0.1, 0.15) is 33.7 Å².